The predicted octanol–water partition coefficient (Wildman–Crippen LogP) is 2.35. The Morgan fingerprint density at radius 3 is 2.74 bits per heavy atom. The lowest BCUT2D eigenvalue weighted by atomic mass is 10.4. The number of hydrogen-bond acceptors (Lipinski definition) is 4. The minimum Gasteiger partial charge on any atom is -0.468 e. The molecule has 1 aromatic carbocycles. The molecule has 5 heteroatoms. The molecule has 4 nitrogen and oxygen atoms in total. The van der Waals surface area contributed by atoms with Crippen LogP contribution in [0.2, 0.25) is 0 Å². The van der Waals surface area contributed by atoms with E-state index in [9.17, 15) is 4.79 Å². The van der Waals surface area contributed by atoms with Crippen molar-refractivity contribution >= 4 is 11.8 Å². The minimum atomic E-state index is -0.0713. The van der Waals surface area contributed by atoms with Gasteiger partial charge in [0.1, 0.15) is 0 Å². The first-order chi connectivity index (χ1) is 9.20. The number of methoxy groups -OCH3 is 1. The van der Waals surface area contributed by atoms with Gasteiger partial charge in [-0.1, -0.05) is 18.2 Å². The van der Waals surface area contributed by atoms with Crippen LogP contribution >= 0.6 is 11.8 Å². The van der Waals surface area contributed by atoms with Crippen molar-refractivity contribution in [1.82, 2.24) is 9.55 Å². The van der Waals surface area contributed by atoms with Crippen molar-refractivity contribution in [1.29, 1.82) is 0 Å². The second kappa shape index (κ2) is 6.43. The van der Waals surface area contributed by atoms with Gasteiger partial charge in [0.05, 0.1) is 7.11 Å². The largest absolute Gasteiger partial charge is 0.468 e. The van der Waals surface area contributed by atoms with Crippen molar-refractivity contribution in [2.75, 3.05) is 12.9 Å². The Morgan fingerprint density at radius 2 is 2.05 bits per heavy atom. The van der Waals surface area contributed by atoms with E-state index in [1.165, 1.54) is 18.1 Å². The van der Waals surface area contributed by atoms with Crippen LogP contribution in [0, 0.1) is 6.92 Å². The van der Waals surface area contributed by atoms with E-state index in [2.05, 4.69) is 17.1 Å². The molecule has 1 aromatic heterocycles. The Kier molecular flexibility index (Phi) is 4.63. The fraction of sp³-hybridized carbons (Fsp3) is 0.286. The highest BCUT2D eigenvalue weighted by atomic mass is 32.2. The minimum absolute atomic E-state index is 0.0713. The number of ether oxygens (including phenoxy) is 1. The summed E-state index contributed by atoms with van der Waals surface area (Å²) in [6, 6.07) is 12.0. The summed E-state index contributed by atoms with van der Waals surface area (Å²) in [5, 5.41) is 0. The number of thioether (sulfide) groups is 1. The molecule has 0 aliphatic rings. The normalized spacial score (nSPS) is 10.4. The molecule has 2 aromatic rings. The topological polar surface area (TPSA) is 44.1 Å². The first-order valence-electron chi connectivity index (χ1n) is 6.01. The van der Waals surface area contributed by atoms with Gasteiger partial charge in [-0.05, 0) is 19.1 Å². The second-order valence-corrected chi connectivity index (χ2v) is 5.20. The molecule has 0 saturated carbocycles. The predicted molar refractivity (Wildman–Crippen MR) is 77.0 cm³/mol. The maximum absolute atomic E-state index is 11.9. The number of benzene rings is 1. The quantitative estimate of drug-likeness (QED) is 0.786. The van der Waals surface area contributed by atoms with E-state index in [0.717, 1.165) is 5.75 Å². The van der Waals surface area contributed by atoms with Crippen molar-refractivity contribution < 1.29 is 4.74 Å². The first kappa shape index (κ1) is 13.7. The number of aryl methyl sites for hydroxylation is 1. The van der Waals surface area contributed by atoms with Crippen molar-refractivity contribution in [2.24, 2.45) is 0 Å². The van der Waals surface area contributed by atoms with E-state index in [1.807, 2.05) is 18.2 Å². The lowest BCUT2D eigenvalue weighted by molar-refractivity contribution is 0.348. The third kappa shape index (κ3) is 3.61. The highest BCUT2D eigenvalue weighted by Gasteiger charge is 2.07. The lowest BCUT2D eigenvalue weighted by Crippen LogP contribution is -2.23. The number of hydrogen-bond donors (Lipinski definition) is 0. The van der Waals surface area contributed by atoms with E-state index < -0.39 is 0 Å². The molecule has 0 amide bonds. The summed E-state index contributed by atoms with van der Waals surface area (Å²) in [5.41, 5.74) is 0.604. The van der Waals surface area contributed by atoms with Gasteiger partial charge in [0, 0.05) is 29.0 Å². The molecular weight excluding hydrogens is 260 g/mol. The van der Waals surface area contributed by atoms with Crippen LogP contribution in [0.4, 0.5) is 0 Å². The van der Waals surface area contributed by atoms with Crippen LogP contribution < -0.4 is 10.3 Å². The molecule has 0 N–H and O–H groups in total. The molecule has 2 rings (SSSR count). The zero-order chi connectivity index (χ0) is 13.7. The SMILES string of the molecule is COc1nc(C)cc(=O)n1CCSc1ccccc1. The Balaban J connectivity index is 2.06. The Hall–Kier alpha value is -1.75. The van der Waals surface area contributed by atoms with Crippen LogP contribution in [-0.4, -0.2) is 22.4 Å². The smallest absolute Gasteiger partial charge is 0.299 e. The van der Waals surface area contributed by atoms with Gasteiger partial charge in [-0.25, -0.2) is 4.98 Å². The first-order valence-corrected chi connectivity index (χ1v) is 6.99. The maximum atomic E-state index is 11.9. The van der Waals surface area contributed by atoms with E-state index >= 15 is 0 Å². The molecule has 19 heavy (non-hydrogen) atoms. The summed E-state index contributed by atoms with van der Waals surface area (Å²) < 4.78 is 6.71. The second-order valence-electron chi connectivity index (χ2n) is 4.04. The summed E-state index contributed by atoms with van der Waals surface area (Å²) in [5.74, 6) is 0.797. The molecule has 0 fully saturated rings. The molecule has 0 radical (unpaired) electrons. The van der Waals surface area contributed by atoms with Gasteiger partial charge >= 0.3 is 0 Å². The average Bonchev–Trinajstić information content (AvgIpc) is 2.42. The highest BCUT2D eigenvalue weighted by molar-refractivity contribution is 7.99. The fourth-order valence-corrected chi connectivity index (χ4v) is 2.59. The van der Waals surface area contributed by atoms with Gasteiger partial charge < -0.3 is 4.74 Å². The molecule has 0 atom stereocenters. The van der Waals surface area contributed by atoms with Crippen LogP contribution in [0.15, 0.2) is 46.1 Å². The van der Waals surface area contributed by atoms with Crippen molar-refractivity contribution in [3.05, 3.63) is 52.4 Å². The van der Waals surface area contributed by atoms with E-state index in [0.29, 0.717) is 18.2 Å². The van der Waals surface area contributed by atoms with E-state index in [-0.39, 0.29) is 5.56 Å². The van der Waals surface area contributed by atoms with Crippen LogP contribution in [0.5, 0.6) is 6.01 Å². The molecule has 0 spiro atoms. The monoisotopic (exact) mass is 276 g/mol. The standard InChI is InChI=1S/C14H16N2O2S/c1-11-10-13(17)16(14(15-11)18-2)8-9-19-12-6-4-3-5-7-12/h3-7,10H,8-9H2,1-2H3. The van der Waals surface area contributed by atoms with Crippen molar-refractivity contribution in [3.63, 3.8) is 0 Å². The average molecular weight is 276 g/mol. The molecule has 0 aliphatic heterocycles. The summed E-state index contributed by atoms with van der Waals surface area (Å²) in [6.45, 7) is 2.36. The third-order valence-corrected chi connectivity index (χ3v) is 3.60. The van der Waals surface area contributed by atoms with Gasteiger partial charge in [0.2, 0.25) is 0 Å². The summed E-state index contributed by atoms with van der Waals surface area (Å²) >= 11 is 1.70. The Morgan fingerprint density at radius 1 is 1.32 bits per heavy atom. The Labute approximate surface area is 116 Å². The molecule has 100 valence electrons. The number of rotatable bonds is 5. The summed E-state index contributed by atoms with van der Waals surface area (Å²) in [4.78, 5) is 17.3. The van der Waals surface area contributed by atoms with E-state index in [1.54, 1.807) is 23.3 Å². The molecule has 0 bridgehead atoms. The van der Waals surface area contributed by atoms with Crippen LogP contribution in [0.3, 0.4) is 0 Å². The molecular formula is C14H16N2O2S. The van der Waals surface area contributed by atoms with Gasteiger partial charge in [-0.2, -0.15) is 0 Å². The molecule has 0 saturated heterocycles. The van der Waals surface area contributed by atoms with Crippen LogP contribution in [0.1, 0.15) is 5.69 Å². The van der Waals surface area contributed by atoms with Gasteiger partial charge in [0.25, 0.3) is 11.6 Å². The molecule has 1 heterocycles. The number of nitrogens with zero attached hydrogens (tertiary/aromatic N) is 2. The van der Waals surface area contributed by atoms with Crippen LogP contribution in [-0.2, 0) is 6.54 Å². The third-order valence-electron chi connectivity index (χ3n) is 2.61. The fourth-order valence-electron chi connectivity index (χ4n) is 1.73. The van der Waals surface area contributed by atoms with Crippen molar-refractivity contribution in [3.8, 4) is 6.01 Å². The Bertz CT molecular complexity index is 596. The zero-order valence-electron chi connectivity index (χ0n) is 11.0. The van der Waals surface area contributed by atoms with Gasteiger partial charge in [0.15, 0.2) is 0 Å². The number of aromatic nitrogens is 2. The lowest BCUT2D eigenvalue weighted by Gasteiger charge is -2.10. The van der Waals surface area contributed by atoms with Crippen molar-refractivity contribution in [2.45, 2.75) is 18.4 Å². The van der Waals surface area contributed by atoms with Crippen LogP contribution in [0.25, 0.3) is 0 Å². The maximum Gasteiger partial charge on any atom is 0.299 e. The van der Waals surface area contributed by atoms with E-state index in [4.69, 9.17) is 4.74 Å². The van der Waals surface area contributed by atoms with Gasteiger partial charge in [-0.3, -0.25) is 9.36 Å². The molecule has 0 unspecified atom stereocenters. The summed E-state index contributed by atoms with van der Waals surface area (Å²) in [6.07, 6.45) is 0. The van der Waals surface area contributed by atoms with Gasteiger partial charge in [-0.15, -0.1) is 11.8 Å². The summed E-state index contributed by atoms with van der Waals surface area (Å²) in [7, 11) is 1.53. The zero-order valence-corrected chi connectivity index (χ0v) is 11.8. The molecule has 0 aliphatic carbocycles. The highest BCUT2D eigenvalue weighted by Crippen LogP contribution is 2.17.